The first-order chi connectivity index (χ1) is 14.6. The van der Waals surface area contributed by atoms with Crippen LogP contribution in [0, 0.1) is 0 Å². The number of hydrogen-bond donors (Lipinski definition) is 2. The van der Waals surface area contributed by atoms with Crippen molar-refractivity contribution in [2.45, 2.75) is 70.6 Å². The minimum Gasteiger partial charge on any atom is -0.490 e. The van der Waals surface area contributed by atoms with E-state index in [0.717, 1.165) is 31.6 Å². The van der Waals surface area contributed by atoms with Gasteiger partial charge in [-0.1, -0.05) is 24.3 Å². The van der Waals surface area contributed by atoms with Crippen LogP contribution in [0.2, 0.25) is 0 Å². The van der Waals surface area contributed by atoms with Gasteiger partial charge in [0, 0.05) is 24.8 Å². The Bertz CT molecular complexity index is 926. The minimum atomic E-state index is -0.372. The van der Waals surface area contributed by atoms with Crippen molar-refractivity contribution in [3.8, 4) is 5.75 Å². The van der Waals surface area contributed by atoms with Gasteiger partial charge in [0.05, 0.1) is 6.10 Å². The molecular weight excluding hydrogens is 378 g/mol. The number of ether oxygens (including phenoxy) is 1. The van der Waals surface area contributed by atoms with Gasteiger partial charge in [0.2, 0.25) is 0 Å². The quantitative estimate of drug-likeness (QED) is 0.434. The maximum atomic E-state index is 11.6. The SMILES string of the molecule is C[C@@H](NCCCC/C=C/Cn1ccc(=O)[nH]c1=O)c1cccc(OC2CCCC2)c1. The molecule has 6 nitrogen and oxygen atoms in total. The van der Waals surface area contributed by atoms with Gasteiger partial charge in [0.15, 0.2) is 0 Å². The van der Waals surface area contributed by atoms with E-state index < -0.39 is 0 Å². The number of nitrogens with zero attached hydrogens (tertiary/aromatic N) is 1. The molecule has 0 saturated heterocycles. The van der Waals surface area contributed by atoms with Crippen LogP contribution in [0.4, 0.5) is 0 Å². The Labute approximate surface area is 178 Å². The Balaban J connectivity index is 1.32. The standard InChI is InChI=1S/C24H33N3O3/c1-19(20-10-9-13-22(18-20)30-21-11-5-6-12-21)25-15-7-3-2-4-8-16-27-17-14-23(28)26-24(27)29/h4,8-10,13-14,17-19,21,25H,2-3,5-7,11-12,15-16H2,1H3,(H,26,28,29)/b8-4+/t19-/m1/s1. The fraction of sp³-hybridized carbons (Fsp3) is 0.500. The second kappa shape index (κ2) is 11.6. The molecule has 2 N–H and O–H groups in total. The van der Waals surface area contributed by atoms with Gasteiger partial charge in [-0.15, -0.1) is 0 Å². The highest BCUT2D eigenvalue weighted by molar-refractivity contribution is 5.30. The molecule has 0 aliphatic heterocycles. The van der Waals surface area contributed by atoms with Gasteiger partial charge < -0.3 is 10.1 Å². The van der Waals surface area contributed by atoms with E-state index in [1.165, 1.54) is 48.1 Å². The van der Waals surface area contributed by atoms with Crippen LogP contribution in [-0.2, 0) is 6.54 Å². The predicted octanol–water partition coefficient (Wildman–Crippen LogP) is 3.94. The van der Waals surface area contributed by atoms with E-state index in [4.69, 9.17) is 4.74 Å². The Kier molecular flexibility index (Phi) is 8.51. The molecule has 2 aromatic rings. The first-order valence-corrected chi connectivity index (χ1v) is 11.1. The summed E-state index contributed by atoms with van der Waals surface area (Å²) < 4.78 is 7.60. The third kappa shape index (κ3) is 7.02. The zero-order valence-electron chi connectivity index (χ0n) is 17.8. The monoisotopic (exact) mass is 411 g/mol. The van der Waals surface area contributed by atoms with Gasteiger partial charge >= 0.3 is 5.69 Å². The summed E-state index contributed by atoms with van der Waals surface area (Å²) in [6.07, 6.45) is 14.0. The number of H-pyrrole nitrogens is 1. The lowest BCUT2D eigenvalue weighted by molar-refractivity contribution is 0.209. The summed E-state index contributed by atoms with van der Waals surface area (Å²) in [5.74, 6) is 0.986. The van der Waals surface area contributed by atoms with Crippen LogP contribution in [0.1, 0.15) is 63.5 Å². The van der Waals surface area contributed by atoms with Gasteiger partial charge in [-0.3, -0.25) is 14.3 Å². The highest BCUT2D eigenvalue weighted by atomic mass is 16.5. The zero-order chi connectivity index (χ0) is 21.2. The Hall–Kier alpha value is -2.60. The molecule has 0 spiro atoms. The number of unbranched alkanes of at least 4 members (excludes halogenated alkanes) is 2. The first-order valence-electron chi connectivity index (χ1n) is 11.1. The lowest BCUT2D eigenvalue weighted by atomic mass is 10.1. The molecule has 1 aliphatic carbocycles. The van der Waals surface area contributed by atoms with Crippen LogP contribution in [0.25, 0.3) is 0 Å². The van der Waals surface area contributed by atoms with Gasteiger partial charge in [-0.05, 0) is 76.1 Å². The zero-order valence-corrected chi connectivity index (χ0v) is 17.8. The minimum absolute atomic E-state index is 0.291. The van der Waals surface area contributed by atoms with E-state index in [1.807, 2.05) is 6.08 Å². The van der Waals surface area contributed by atoms with Crippen LogP contribution in [-0.4, -0.2) is 22.2 Å². The first kappa shape index (κ1) is 22.1. The topological polar surface area (TPSA) is 76.1 Å². The van der Waals surface area contributed by atoms with Crippen molar-refractivity contribution in [3.63, 3.8) is 0 Å². The molecule has 1 atom stereocenters. The van der Waals surface area contributed by atoms with Crippen molar-refractivity contribution in [1.82, 2.24) is 14.9 Å². The fourth-order valence-electron chi connectivity index (χ4n) is 3.77. The Morgan fingerprint density at radius 3 is 2.83 bits per heavy atom. The highest BCUT2D eigenvalue weighted by Gasteiger charge is 2.16. The van der Waals surface area contributed by atoms with Crippen LogP contribution < -0.4 is 21.3 Å². The van der Waals surface area contributed by atoms with Gasteiger partial charge in [-0.25, -0.2) is 4.79 Å². The van der Waals surface area contributed by atoms with Crippen LogP contribution >= 0.6 is 0 Å². The molecule has 1 heterocycles. The Morgan fingerprint density at radius 1 is 1.20 bits per heavy atom. The molecule has 0 unspecified atom stereocenters. The number of rotatable bonds is 11. The molecule has 162 valence electrons. The van der Waals surface area contributed by atoms with Crippen LogP contribution in [0.5, 0.6) is 5.75 Å². The summed E-state index contributed by atoms with van der Waals surface area (Å²) in [6, 6.07) is 10.1. The van der Waals surface area contributed by atoms with Crippen molar-refractivity contribution in [3.05, 3.63) is 75.1 Å². The lowest BCUT2D eigenvalue weighted by Crippen LogP contribution is -2.28. The van der Waals surface area contributed by atoms with Crippen molar-refractivity contribution in [2.24, 2.45) is 0 Å². The largest absolute Gasteiger partial charge is 0.490 e. The van der Waals surface area contributed by atoms with Gasteiger partial charge in [0.1, 0.15) is 5.75 Å². The third-order valence-electron chi connectivity index (χ3n) is 5.58. The van der Waals surface area contributed by atoms with Crippen molar-refractivity contribution >= 4 is 0 Å². The van der Waals surface area contributed by atoms with Crippen molar-refractivity contribution in [2.75, 3.05) is 6.54 Å². The summed E-state index contributed by atoms with van der Waals surface area (Å²) >= 11 is 0. The molecule has 6 heteroatoms. The van der Waals surface area contributed by atoms with Crippen molar-refractivity contribution < 1.29 is 4.74 Å². The normalized spacial score (nSPS) is 15.6. The van der Waals surface area contributed by atoms with E-state index >= 15 is 0 Å². The maximum Gasteiger partial charge on any atom is 0.328 e. The third-order valence-corrected chi connectivity index (χ3v) is 5.58. The number of benzene rings is 1. The molecule has 0 amide bonds. The summed E-state index contributed by atoms with van der Waals surface area (Å²) in [7, 11) is 0. The van der Waals surface area contributed by atoms with Gasteiger partial charge in [0.25, 0.3) is 5.56 Å². The Morgan fingerprint density at radius 2 is 2.03 bits per heavy atom. The molecule has 3 rings (SSSR count). The molecule has 30 heavy (non-hydrogen) atoms. The van der Waals surface area contributed by atoms with Crippen molar-refractivity contribution in [1.29, 1.82) is 0 Å². The molecule has 0 radical (unpaired) electrons. The summed E-state index contributed by atoms with van der Waals surface area (Å²) in [5, 5.41) is 3.59. The lowest BCUT2D eigenvalue weighted by Gasteiger charge is -2.17. The van der Waals surface area contributed by atoms with Gasteiger partial charge in [-0.2, -0.15) is 0 Å². The smallest absolute Gasteiger partial charge is 0.328 e. The summed E-state index contributed by atoms with van der Waals surface area (Å²) in [6.45, 7) is 3.63. The van der Waals surface area contributed by atoms with Crippen LogP contribution in [0.15, 0.2) is 58.3 Å². The van der Waals surface area contributed by atoms with E-state index in [-0.39, 0.29) is 11.2 Å². The van der Waals surface area contributed by atoms with E-state index in [9.17, 15) is 9.59 Å². The second-order valence-corrected chi connectivity index (χ2v) is 8.00. The average molecular weight is 412 g/mol. The van der Waals surface area contributed by atoms with E-state index in [1.54, 1.807) is 0 Å². The fourth-order valence-corrected chi connectivity index (χ4v) is 3.77. The number of nitrogens with one attached hydrogen (secondary N) is 2. The van der Waals surface area contributed by atoms with Crippen LogP contribution in [0.3, 0.4) is 0 Å². The molecule has 0 bridgehead atoms. The predicted molar refractivity (Wildman–Crippen MR) is 120 cm³/mol. The number of allylic oxidation sites excluding steroid dienone is 2. The molecule has 1 aliphatic rings. The average Bonchev–Trinajstić information content (AvgIpc) is 3.24. The molecule has 1 fully saturated rings. The summed E-state index contributed by atoms with van der Waals surface area (Å²) in [5.41, 5.74) is 0.523. The highest BCUT2D eigenvalue weighted by Crippen LogP contribution is 2.26. The molecule has 1 aromatic carbocycles. The number of aromatic amines is 1. The molecule has 1 aromatic heterocycles. The maximum absolute atomic E-state index is 11.6. The number of hydrogen-bond acceptors (Lipinski definition) is 4. The molecular formula is C24H33N3O3. The van der Waals surface area contributed by atoms with E-state index in [0.29, 0.717) is 18.7 Å². The molecule has 1 saturated carbocycles. The van der Waals surface area contributed by atoms with E-state index in [2.05, 4.69) is 47.6 Å². The second-order valence-electron chi connectivity index (χ2n) is 8.00. The number of aromatic nitrogens is 2. The summed E-state index contributed by atoms with van der Waals surface area (Å²) in [4.78, 5) is 24.9.